The lowest BCUT2D eigenvalue weighted by Crippen LogP contribution is -2.43. The summed E-state index contributed by atoms with van der Waals surface area (Å²) in [7, 11) is 0. The smallest absolute Gasteiger partial charge is 0.319 e. The van der Waals surface area contributed by atoms with Crippen molar-refractivity contribution >= 4 is 29.1 Å². The van der Waals surface area contributed by atoms with Crippen molar-refractivity contribution in [3.8, 4) is 0 Å². The Labute approximate surface area is 140 Å². The number of benzene rings is 1. The first-order valence-corrected chi connectivity index (χ1v) is 7.70. The molecule has 2 amide bonds. The third kappa shape index (κ3) is 3.34. The maximum Gasteiger partial charge on any atom is 0.319 e. The first kappa shape index (κ1) is 15.9. The summed E-state index contributed by atoms with van der Waals surface area (Å²) in [6.45, 7) is 6.20. The zero-order chi connectivity index (χ0) is 17.3. The summed E-state index contributed by atoms with van der Waals surface area (Å²) in [6, 6.07) is 8.90. The number of amidine groups is 1. The van der Waals surface area contributed by atoms with Crippen LogP contribution in [0.4, 0.5) is 22.1 Å². The average Bonchev–Trinajstić information content (AvgIpc) is 2.95. The number of carbonyl (C=O) groups excluding carboxylic acids is 1. The van der Waals surface area contributed by atoms with Crippen molar-refractivity contribution in [3.05, 3.63) is 42.2 Å². The summed E-state index contributed by atoms with van der Waals surface area (Å²) < 4.78 is 5.29. The van der Waals surface area contributed by atoms with Crippen LogP contribution in [0.1, 0.15) is 26.3 Å². The number of fused-ring (bicyclic) bond motifs is 1. The van der Waals surface area contributed by atoms with Gasteiger partial charge in [0.1, 0.15) is 5.84 Å². The highest BCUT2D eigenvalue weighted by Gasteiger charge is 2.24. The molecule has 0 unspecified atom stereocenters. The minimum atomic E-state index is -0.307. The summed E-state index contributed by atoms with van der Waals surface area (Å²) in [4.78, 5) is 13.8. The van der Waals surface area contributed by atoms with Gasteiger partial charge in [0.25, 0.3) is 0 Å². The van der Waals surface area contributed by atoms with Crippen LogP contribution >= 0.6 is 0 Å². The van der Waals surface area contributed by atoms with Crippen LogP contribution in [0.15, 0.2) is 41.0 Å². The van der Waals surface area contributed by atoms with Crippen molar-refractivity contribution in [1.29, 1.82) is 5.41 Å². The van der Waals surface area contributed by atoms with Gasteiger partial charge >= 0.3 is 6.03 Å². The molecule has 7 nitrogen and oxygen atoms in total. The second kappa shape index (κ2) is 5.92. The second-order valence-electron chi connectivity index (χ2n) is 6.65. The number of furan rings is 1. The fourth-order valence-corrected chi connectivity index (χ4v) is 2.48. The fraction of sp³-hybridized carbons (Fsp3) is 0.294. The highest BCUT2D eigenvalue weighted by Crippen LogP contribution is 2.28. The van der Waals surface area contributed by atoms with E-state index in [2.05, 4.69) is 16.0 Å². The molecule has 1 aliphatic rings. The Morgan fingerprint density at radius 2 is 2.12 bits per heavy atom. The molecule has 2 aromatic rings. The minimum Gasteiger partial charge on any atom is -0.448 e. The van der Waals surface area contributed by atoms with E-state index in [9.17, 15) is 4.79 Å². The predicted molar refractivity (Wildman–Crippen MR) is 94.9 cm³/mol. The highest BCUT2D eigenvalue weighted by molar-refractivity contribution is 6.12. The fourth-order valence-electron chi connectivity index (χ4n) is 2.48. The van der Waals surface area contributed by atoms with Crippen LogP contribution in [0, 0.1) is 5.41 Å². The monoisotopic (exact) mass is 327 g/mol. The topological polar surface area (TPSA) is 93.4 Å². The summed E-state index contributed by atoms with van der Waals surface area (Å²) in [5.74, 6) is 0.962. The van der Waals surface area contributed by atoms with Crippen molar-refractivity contribution < 1.29 is 9.21 Å². The van der Waals surface area contributed by atoms with Gasteiger partial charge in [-0.2, -0.15) is 0 Å². The molecule has 1 aromatic carbocycles. The Morgan fingerprint density at radius 1 is 1.33 bits per heavy atom. The third-order valence-electron chi connectivity index (χ3n) is 3.49. The molecule has 1 aromatic heterocycles. The Morgan fingerprint density at radius 3 is 2.88 bits per heavy atom. The van der Waals surface area contributed by atoms with Crippen LogP contribution in [0.5, 0.6) is 0 Å². The molecule has 4 N–H and O–H groups in total. The van der Waals surface area contributed by atoms with E-state index in [0.717, 1.165) is 5.69 Å². The average molecular weight is 327 g/mol. The van der Waals surface area contributed by atoms with Crippen molar-refractivity contribution in [2.45, 2.75) is 26.3 Å². The van der Waals surface area contributed by atoms with Crippen LogP contribution in [0.3, 0.4) is 0 Å². The molecule has 0 aliphatic carbocycles. The van der Waals surface area contributed by atoms with Gasteiger partial charge in [-0.15, -0.1) is 0 Å². The number of hydrogen-bond donors (Lipinski definition) is 4. The lowest BCUT2D eigenvalue weighted by molar-refractivity contribution is 0.244. The normalized spacial score (nSPS) is 14.0. The number of anilines is 3. The molecule has 24 heavy (non-hydrogen) atoms. The van der Waals surface area contributed by atoms with E-state index in [1.54, 1.807) is 12.3 Å². The molecule has 0 radical (unpaired) electrons. The molecule has 0 atom stereocenters. The van der Waals surface area contributed by atoms with Crippen LogP contribution in [0.25, 0.3) is 0 Å². The number of urea groups is 1. The lowest BCUT2D eigenvalue weighted by atomic mass is 10.1. The van der Waals surface area contributed by atoms with Gasteiger partial charge in [-0.05, 0) is 45.0 Å². The number of hydrogen-bond acceptors (Lipinski definition) is 4. The molecule has 126 valence electrons. The largest absolute Gasteiger partial charge is 0.448 e. The molecule has 0 fully saturated rings. The summed E-state index contributed by atoms with van der Waals surface area (Å²) in [5.41, 5.74) is 1.89. The molecular formula is C17H21N5O2. The first-order valence-electron chi connectivity index (χ1n) is 7.70. The van der Waals surface area contributed by atoms with Gasteiger partial charge in [0.15, 0.2) is 0 Å². The molecule has 2 heterocycles. The highest BCUT2D eigenvalue weighted by atomic mass is 16.3. The SMILES string of the molecule is CC(C)(C)NC(=O)Nc1cccc(N2CNc3occc3C2=N)c1. The third-order valence-corrected chi connectivity index (χ3v) is 3.49. The zero-order valence-electron chi connectivity index (χ0n) is 13.9. The van der Waals surface area contributed by atoms with Gasteiger partial charge in [0, 0.05) is 16.9 Å². The van der Waals surface area contributed by atoms with E-state index in [1.807, 2.05) is 49.9 Å². The molecule has 7 heteroatoms. The summed E-state index contributed by atoms with van der Waals surface area (Å²) >= 11 is 0. The van der Waals surface area contributed by atoms with Gasteiger partial charge < -0.3 is 25.3 Å². The Bertz CT molecular complexity index is 775. The van der Waals surface area contributed by atoms with Crippen LogP contribution in [-0.2, 0) is 0 Å². The maximum atomic E-state index is 12.0. The number of nitrogens with zero attached hydrogens (tertiary/aromatic N) is 1. The number of rotatable bonds is 2. The number of nitrogens with one attached hydrogen (secondary N) is 4. The molecule has 0 spiro atoms. The van der Waals surface area contributed by atoms with Crippen molar-refractivity contribution in [2.75, 3.05) is 22.2 Å². The van der Waals surface area contributed by atoms with E-state index < -0.39 is 0 Å². The molecule has 1 aliphatic heterocycles. The second-order valence-corrected chi connectivity index (χ2v) is 6.65. The standard InChI is InChI=1S/C17H21N5O2/c1-17(2,3)21-16(23)20-11-5-4-6-12(9-11)22-10-19-15-13(14(22)18)7-8-24-15/h4-9,18-19H,10H2,1-3H3,(H2,20,21,23). The van der Waals surface area contributed by atoms with Gasteiger partial charge in [-0.1, -0.05) is 6.07 Å². The van der Waals surface area contributed by atoms with Crippen LogP contribution in [0.2, 0.25) is 0 Å². The van der Waals surface area contributed by atoms with Gasteiger partial charge in [-0.3, -0.25) is 5.41 Å². The molecule has 0 saturated heterocycles. The molecule has 0 bridgehead atoms. The molecular weight excluding hydrogens is 306 g/mol. The quantitative estimate of drug-likeness (QED) is 0.680. The maximum absolute atomic E-state index is 12.0. The lowest BCUT2D eigenvalue weighted by Gasteiger charge is -2.29. The number of carbonyl (C=O) groups is 1. The van der Waals surface area contributed by atoms with E-state index in [-0.39, 0.29) is 11.6 Å². The Hall–Kier alpha value is -2.96. The van der Waals surface area contributed by atoms with Gasteiger partial charge in [0.05, 0.1) is 18.5 Å². The predicted octanol–water partition coefficient (Wildman–Crippen LogP) is 3.41. The first-order chi connectivity index (χ1) is 11.3. The van der Waals surface area contributed by atoms with Gasteiger partial charge in [-0.25, -0.2) is 4.79 Å². The Balaban J connectivity index is 1.77. The van der Waals surface area contributed by atoms with E-state index in [1.165, 1.54) is 0 Å². The van der Waals surface area contributed by atoms with E-state index in [4.69, 9.17) is 9.83 Å². The summed E-state index contributed by atoms with van der Waals surface area (Å²) in [6.07, 6.45) is 1.56. The van der Waals surface area contributed by atoms with Gasteiger partial charge in [0.2, 0.25) is 5.88 Å². The molecule has 3 rings (SSSR count). The molecule has 0 saturated carbocycles. The Kier molecular flexibility index (Phi) is 3.92. The minimum absolute atomic E-state index is 0.261. The van der Waals surface area contributed by atoms with Crippen molar-refractivity contribution in [1.82, 2.24) is 5.32 Å². The van der Waals surface area contributed by atoms with E-state index in [0.29, 0.717) is 29.6 Å². The van der Waals surface area contributed by atoms with E-state index >= 15 is 0 Å². The van der Waals surface area contributed by atoms with Crippen molar-refractivity contribution in [3.63, 3.8) is 0 Å². The van der Waals surface area contributed by atoms with Crippen LogP contribution < -0.4 is 20.9 Å². The zero-order valence-corrected chi connectivity index (χ0v) is 13.9. The summed E-state index contributed by atoms with van der Waals surface area (Å²) in [5, 5.41) is 17.1. The van der Waals surface area contributed by atoms with Crippen LogP contribution in [-0.4, -0.2) is 24.1 Å². The van der Waals surface area contributed by atoms with Crippen molar-refractivity contribution in [2.24, 2.45) is 0 Å². The number of amides is 2.